The first-order chi connectivity index (χ1) is 11.2. The molecule has 23 heavy (non-hydrogen) atoms. The first-order valence-corrected chi connectivity index (χ1v) is 7.19. The van der Waals surface area contributed by atoms with Gasteiger partial charge in [-0.25, -0.2) is 0 Å². The van der Waals surface area contributed by atoms with Gasteiger partial charge in [-0.1, -0.05) is 72.8 Å². The minimum atomic E-state index is -0.466. The second-order valence-corrected chi connectivity index (χ2v) is 4.51. The largest absolute Gasteiger partial charge is 0.373 e. The quantitative estimate of drug-likeness (QED) is 0.334. The van der Waals surface area contributed by atoms with Crippen molar-refractivity contribution in [3.63, 3.8) is 0 Å². The maximum Gasteiger partial charge on any atom is 0.233 e. The molecule has 0 saturated carbocycles. The van der Waals surface area contributed by atoms with Gasteiger partial charge < -0.3 is 4.74 Å². The highest BCUT2D eigenvalue weighted by Crippen LogP contribution is 2.07. The van der Waals surface area contributed by atoms with Crippen LogP contribution in [0.15, 0.2) is 86.0 Å². The molecule has 0 bridgehead atoms. The van der Waals surface area contributed by atoms with Gasteiger partial charge in [0.1, 0.15) is 0 Å². The van der Waals surface area contributed by atoms with Crippen LogP contribution in [0.25, 0.3) is 0 Å². The molecule has 0 radical (unpaired) electrons. The summed E-state index contributed by atoms with van der Waals surface area (Å²) < 4.78 is 4.90. The van der Waals surface area contributed by atoms with Crippen LogP contribution >= 0.6 is 0 Å². The summed E-state index contributed by atoms with van der Waals surface area (Å²) in [5.41, 5.74) is 0.854. The molecule has 0 unspecified atom stereocenters. The highest BCUT2D eigenvalue weighted by Gasteiger charge is 2.16. The molecule has 0 spiro atoms. The zero-order chi connectivity index (χ0) is 16.9. The van der Waals surface area contributed by atoms with Gasteiger partial charge in [-0.3, -0.25) is 9.59 Å². The molecule has 0 aromatic heterocycles. The minimum absolute atomic E-state index is 0.427. The number of hydrogen-bond donors (Lipinski definition) is 0. The fourth-order valence-corrected chi connectivity index (χ4v) is 1.68. The van der Waals surface area contributed by atoms with Gasteiger partial charge in [0, 0.05) is 11.1 Å². The van der Waals surface area contributed by atoms with Crippen LogP contribution in [0, 0.1) is 0 Å². The number of carbonyl (C=O) groups is 2. The molecule has 2 aromatic carbocycles. The van der Waals surface area contributed by atoms with E-state index in [-0.39, 0.29) is 0 Å². The van der Waals surface area contributed by atoms with E-state index in [0.717, 1.165) is 0 Å². The Morgan fingerprint density at radius 1 is 0.739 bits per heavy atom. The van der Waals surface area contributed by atoms with Crippen LogP contribution in [0.3, 0.4) is 0 Å². The van der Waals surface area contributed by atoms with Crippen LogP contribution in [0.2, 0.25) is 0 Å². The molecule has 0 aliphatic rings. The molecule has 3 heteroatoms. The van der Waals surface area contributed by atoms with Gasteiger partial charge in [0.2, 0.25) is 11.6 Å². The zero-order valence-electron chi connectivity index (χ0n) is 13.0. The molecule has 0 aliphatic carbocycles. The first kappa shape index (κ1) is 18.3. The standard InChI is InChI=1S/C14H10O2.C6H10O/c15-13(11-7-3-1-4-8-11)14(16)12-9-5-2-6-10-12;1-3-5-7-6-4-2/h1-10H;3-4H,1-2,5-6H2. The van der Waals surface area contributed by atoms with Crippen molar-refractivity contribution in [2.45, 2.75) is 0 Å². The molecule has 2 aromatic rings. The second-order valence-electron chi connectivity index (χ2n) is 4.51. The van der Waals surface area contributed by atoms with Gasteiger partial charge in [-0.05, 0) is 0 Å². The van der Waals surface area contributed by atoms with Crippen molar-refractivity contribution in [1.82, 2.24) is 0 Å². The normalized spacial score (nSPS) is 9.22. The van der Waals surface area contributed by atoms with Crippen LogP contribution in [-0.4, -0.2) is 24.8 Å². The van der Waals surface area contributed by atoms with E-state index in [0.29, 0.717) is 24.3 Å². The smallest absolute Gasteiger partial charge is 0.233 e. The molecule has 2 rings (SSSR count). The Hall–Kier alpha value is -2.78. The van der Waals surface area contributed by atoms with E-state index in [9.17, 15) is 9.59 Å². The Kier molecular flexibility index (Phi) is 8.64. The van der Waals surface area contributed by atoms with Crippen molar-refractivity contribution in [1.29, 1.82) is 0 Å². The van der Waals surface area contributed by atoms with Crippen molar-refractivity contribution in [2.24, 2.45) is 0 Å². The van der Waals surface area contributed by atoms with Gasteiger partial charge in [0.15, 0.2) is 0 Å². The van der Waals surface area contributed by atoms with Crippen LogP contribution in [0.1, 0.15) is 20.7 Å². The Labute approximate surface area is 136 Å². The van der Waals surface area contributed by atoms with Crippen LogP contribution in [0.4, 0.5) is 0 Å². The summed E-state index contributed by atoms with van der Waals surface area (Å²) in [6.07, 6.45) is 3.42. The zero-order valence-corrected chi connectivity index (χ0v) is 13.0. The molecule has 118 valence electrons. The predicted molar refractivity (Wildman–Crippen MR) is 92.8 cm³/mol. The van der Waals surface area contributed by atoms with E-state index >= 15 is 0 Å². The van der Waals surface area contributed by atoms with E-state index in [1.807, 2.05) is 12.1 Å². The topological polar surface area (TPSA) is 43.4 Å². The predicted octanol–water partition coefficient (Wildman–Crippen LogP) is 4.13. The van der Waals surface area contributed by atoms with Gasteiger partial charge in [0.05, 0.1) is 13.2 Å². The maximum atomic E-state index is 11.8. The summed E-state index contributed by atoms with van der Waals surface area (Å²) in [6.45, 7) is 8.18. The Morgan fingerprint density at radius 3 is 1.39 bits per heavy atom. The summed E-state index contributed by atoms with van der Waals surface area (Å²) in [5, 5.41) is 0. The fraction of sp³-hybridized carbons (Fsp3) is 0.100. The van der Waals surface area contributed by atoms with Crippen LogP contribution in [0.5, 0.6) is 0 Å². The lowest BCUT2D eigenvalue weighted by Crippen LogP contribution is -2.14. The summed E-state index contributed by atoms with van der Waals surface area (Å²) in [6, 6.07) is 17.2. The van der Waals surface area contributed by atoms with E-state index in [1.54, 1.807) is 60.7 Å². The Bertz CT molecular complexity index is 573. The number of carbonyl (C=O) groups excluding carboxylic acids is 2. The number of rotatable bonds is 7. The highest BCUT2D eigenvalue weighted by molar-refractivity contribution is 6.49. The average Bonchev–Trinajstić information content (AvgIpc) is 2.63. The molecule has 0 saturated heterocycles. The number of Topliss-reactive ketones (excluding diaryl/α,β-unsaturated/α-hetero) is 2. The van der Waals surface area contributed by atoms with Crippen molar-refractivity contribution in [3.05, 3.63) is 97.1 Å². The molecular weight excluding hydrogens is 288 g/mol. The molecule has 0 fully saturated rings. The lowest BCUT2D eigenvalue weighted by Gasteiger charge is -1.99. The number of benzene rings is 2. The van der Waals surface area contributed by atoms with E-state index in [2.05, 4.69) is 13.2 Å². The van der Waals surface area contributed by atoms with E-state index in [4.69, 9.17) is 4.74 Å². The number of hydrogen-bond acceptors (Lipinski definition) is 3. The lowest BCUT2D eigenvalue weighted by atomic mass is 10.0. The number of ether oxygens (including phenoxy) is 1. The Balaban J connectivity index is 0.000000322. The molecule has 0 amide bonds. The fourth-order valence-electron chi connectivity index (χ4n) is 1.68. The maximum absolute atomic E-state index is 11.8. The highest BCUT2D eigenvalue weighted by atomic mass is 16.5. The van der Waals surface area contributed by atoms with Crippen molar-refractivity contribution in [2.75, 3.05) is 13.2 Å². The molecule has 3 nitrogen and oxygen atoms in total. The van der Waals surface area contributed by atoms with Crippen molar-refractivity contribution < 1.29 is 14.3 Å². The van der Waals surface area contributed by atoms with E-state index in [1.165, 1.54) is 0 Å². The third-order valence-electron chi connectivity index (χ3n) is 2.75. The first-order valence-electron chi connectivity index (χ1n) is 7.19. The third-order valence-corrected chi connectivity index (χ3v) is 2.75. The second kappa shape index (κ2) is 10.9. The van der Waals surface area contributed by atoms with Crippen LogP contribution in [-0.2, 0) is 4.74 Å². The van der Waals surface area contributed by atoms with Gasteiger partial charge in [-0.2, -0.15) is 0 Å². The minimum Gasteiger partial charge on any atom is -0.373 e. The third kappa shape index (κ3) is 6.68. The summed E-state index contributed by atoms with van der Waals surface area (Å²) in [7, 11) is 0. The van der Waals surface area contributed by atoms with Crippen molar-refractivity contribution in [3.8, 4) is 0 Å². The molecule has 0 aliphatic heterocycles. The number of ketones is 2. The Morgan fingerprint density at radius 2 is 1.09 bits per heavy atom. The average molecular weight is 308 g/mol. The lowest BCUT2D eigenvalue weighted by molar-refractivity contribution is 0.0817. The summed E-state index contributed by atoms with van der Waals surface area (Å²) in [5.74, 6) is -0.932. The van der Waals surface area contributed by atoms with Gasteiger partial charge in [0.25, 0.3) is 0 Å². The molecule has 0 N–H and O–H groups in total. The molecular formula is C20H20O3. The molecule has 0 atom stereocenters. The monoisotopic (exact) mass is 308 g/mol. The molecule has 0 heterocycles. The van der Waals surface area contributed by atoms with Gasteiger partial charge in [-0.15, -0.1) is 13.2 Å². The van der Waals surface area contributed by atoms with Gasteiger partial charge >= 0.3 is 0 Å². The van der Waals surface area contributed by atoms with Crippen LogP contribution < -0.4 is 0 Å². The SMILES string of the molecule is C=CCOCC=C.O=C(C(=O)c1ccccc1)c1ccccc1. The van der Waals surface area contributed by atoms with E-state index < -0.39 is 11.6 Å². The summed E-state index contributed by atoms with van der Waals surface area (Å²) in [4.78, 5) is 23.6. The van der Waals surface area contributed by atoms with Crippen molar-refractivity contribution >= 4 is 11.6 Å². The summed E-state index contributed by atoms with van der Waals surface area (Å²) >= 11 is 0.